The van der Waals surface area contributed by atoms with Crippen LogP contribution in [0.4, 0.5) is 0 Å². The summed E-state index contributed by atoms with van der Waals surface area (Å²) in [5.41, 5.74) is 0. The summed E-state index contributed by atoms with van der Waals surface area (Å²) >= 11 is 0. The molecule has 0 bridgehead atoms. The van der Waals surface area contributed by atoms with Crippen LogP contribution in [0.5, 0.6) is 0 Å². The molecule has 1 atom stereocenters. The molecule has 0 heterocycles. The molecular formula is C7H15NO4Si. The van der Waals surface area contributed by atoms with E-state index in [-0.39, 0.29) is 6.42 Å². The number of nitrogens with one attached hydrogen (secondary N) is 1. The van der Waals surface area contributed by atoms with Crippen LogP contribution in [0, 0.1) is 0 Å². The van der Waals surface area contributed by atoms with Crippen LogP contribution in [-0.4, -0.2) is 36.4 Å². The first-order valence-corrected chi connectivity index (χ1v) is 7.44. The zero-order valence-corrected chi connectivity index (χ0v) is 9.00. The van der Waals surface area contributed by atoms with Gasteiger partial charge in [-0.3, -0.25) is 9.59 Å². The summed E-state index contributed by atoms with van der Waals surface area (Å²) in [6, 6.07) is -0.968. The highest BCUT2D eigenvalue weighted by atomic mass is 28.3. The fourth-order valence-corrected chi connectivity index (χ4v) is 2.17. The predicted molar refractivity (Wildman–Crippen MR) is 50.2 cm³/mol. The molecule has 13 heavy (non-hydrogen) atoms. The summed E-state index contributed by atoms with van der Waals surface area (Å²) in [6.07, 6.45) is -0.375. The van der Waals surface area contributed by atoms with E-state index in [1.807, 2.05) is 19.6 Å². The highest BCUT2D eigenvalue weighted by Crippen LogP contribution is 2.01. The molecule has 0 amide bonds. The third-order valence-electron chi connectivity index (χ3n) is 1.28. The van der Waals surface area contributed by atoms with Crippen molar-refractivity contribution >= 4 is 20.2 Å². The SMILES string of the molecule is C[Si](C)(C)N[C@@H](CC(=O)O)C(=O)O. The van der Waals surface area contributed by atoms with Crippen molar-refractivity contribution in [1.29, 1.82) is 0 Å². The van der Waals surface area contributed by atoms with E-state index in [1.54, 1.807) is 0 Å². The Hall–Kier alpha value is -0.883. The van der Waals surface area contributed by atoms with Gasteiger partial charge in [-0.1, -0.05) is 19.6 Å². The molecule has 0 saturated carbocycles. The first kappa shape index (κ1) is 12.1. The Morgan fingerprint density at radius 1 is 1.31 bits per heavy atom. The number of hydrogen-bond acceptors (Lipinski definition) is 3. The Bertz CT molecular complexity index is 211. The lowest BCUT2D eigenvalue weighted by Gasteiger charge is -2.22. The second-order valence-corrected chi connectivity index (χ2v) is 8.67. The molecule has 0 aromatic rings. The topological polar surface area (TPSA) is 86.6 Å². The molecule has 0 unspecified atom stereocenters. The maximum Gasteiger partial charge on any atom is 0.320 e. The predicted octanol–water partition coefficient (Wildman–Crippen LogP) is 0.339. The van der Waals surface area contributed by atoms with Gasteiger partial charge >= 0.3 is 11.9 Å². The maximum atomic E-state index is 10.6. The van der Waals surface area contributed by atoms with E-state index in [9.17, 15) is 9.59 Å². The molecule has 0 aromatic carbocycles. The number of carboxylic acids is 2. The smallest absolute Gasteiger partial charge is 0.320 e. The van der Waals surface area contributed by atoms with Gasteiger partial charge in [-0.25, -0.2) is 0 Å². The number of carboxylic acid groups (broad SMARTS) is 2. The number of hydrogen-bond donors (Lipinski definition) is 3. The van der Waals surface area contributed by atoms with E-state index in [4.69, 9.17) is 10.2 Å². The molecule has 0 aliphatic heterocycles. The fraction of sp³-hybridized carbons (Fsp3) is 0.714. The van der Waals surface area contributed by atoms with Gasteiger partial charge in [0.25, 0.3) is 0 Å². The summed E-state index contributed by atoms with van der Waals surface area (Å²) in [6.45, 7) is 5.76. The second-order valence-electron chi connectivity index (χ2n) is 3.88. The van der Waals surface area contributed by atoms with Gasteiger partial charge < -0.3 is 15.2 Å². The highest BCUT2D eigenvalue weighted by Gasteiger charge is 2.26. The van der Waals surface area contributed by atoms with Crippen LogP contribution in [0.1, 0.15) is 6.42 Å². The van der Waals surface area contributed by atoms with Gasteiger partial charge in [-0.2, -0.15) is 0 Å². The van der Waals surface area contributed by atoms with Crippen LogP contribution in [0.25, 0.3) is 0 Å². The normalized spacial score (nSPS) is 13.8. The Kier molecular flexibility index (Phi) is 4.08. The van der Waals surface area contributed by atoms with E-state index >= 15 is 0 Å². The van der Waals surface area contributed by atoms with Gasteiger partial charge in [0.1, 0.15) is 14.3 Å². The first-order valence-electron chi connectivity index (χ1n) is 3.94. The molecule has 6 heteroatoms. The molecule has 0 saturated heterocycles. The Morgan fingerprint density at radius 2 is 1.77 bits per heavy atom. The minimum Gasteiger partial charge on any atom is -0.481 e. The van der Waals surface area contributed by atoms with Crippen molar-refractivity contribution in [3.8, 4) is 0 Å². The summed E-state index contributed by atoms with van der Waals surface area (Å²) in [5, 5.41) is 17.1. The van der Waals surface area contributed by atoms with Crippen molar-refractivity contribution in [3.05, 3.63) is 0 Å². The van der Waals surface area contributed by atoms with Crippen molar-refractivity contribution in [2.45, 2.75) is 32.1 Å². The van der Waals surface area contributed by atoms with Gasteiger partial charge in [0.15, 0.2) is 0 Å². The standard InChI is InChI=1S/C7H15NO4Si/c1-13(2,3)8-5(7(11)12)4-6(9)10/h5,8H,4H2,1-3H3,(H,9,10)(H,11,12)/t5-/m0/s1. The molecule has 0 radical (unpaired) electrons. The first-order chi connectivity index (χ1) is 5.72. The van der Waals surface area contributed by atoms with Crippen molar-refractivity contribution in [1.82, 2.24) is 4.98 Å². The number of rotatable bonds is 5. The van der Waals surface area contributed by atoms with E-state index in [1.165, 1.54) is 0 Å². The minimum atomic E-state index is -1.74. The van der Waals surface area contributed by atoms with Crippen molar-refractivity contribution in [3.63, 3.8) is 0 Å². The maximum absolute atomic E-state index is 10.6. The third-order valence-corrected chi connectivity index (χ3v) is 2.50. The third kappa shape index (κ3) is 6.29. The molecular weight excluding hydrogens is 190 g/mol. The van der Waals surface area contributed by atoms with Crippen LogP contribution >= 0.6 is 0 Å². The van der Waals surface area contributed by atoms with Crippen molar-refractivity contribution < 1.29 is 19.8 Å². The van der Waals surface area contributed by atoms with Crippen LogP contribution in [0.3, 0.4) is 0 Å². The lowest BCUT2D eigenvalue weighted by Crippen LogP contribution is -2.52. The molecule has 0 aliphatic rings. The van der Waals surface area contributed by atoms with Gasteiger partial charge in [0.2, 0.25) is 0 Å². The van der Waals surface area contributed by atoms with Crippen molar-refractivity contribution in [2.75, 3.05) is 0 Å². The largest absolute Gasteiger partial charge is 0.481 e. The van der Waals surface area contributed by atoms with Crippen molar-refractivity contribution in [2.24, 2.45) is 0 Å². The Labute approximate surface area is 77.9 Å². The Balaban J connectivity index is 4.27. The monoisotopic (exact) mass is 205 g/mol. The summed E-state index contributed by atoms with van der Waals surface area (Å²) < 4.78 is 0. The minimum absolute atomic E-state index is 0.375. The summed E-state index contributed by atoms with van der Waals surface area (Å²) in [4.78, 5) is 23.8. The van der Waals surface area contributed by atoms with E-state index < -0.39 is 26.2 Å². The van der Waals surface area contributed by atoms with E-state index in [0.717, 1.165) is 0 Å². The van der Waals surface area contributed by atoms with Crippen LogP contribution in [0.15, 0.2) is 0 Å². The molecule has 0 aromatic heterocycles. The molecule has 5 nitrogen and oxygen atoms in total. The summed E-state index contributed by atoms with van der Waals surface area (Å²) in [7, 11) is -1.74. The lowest BCUT2D eigenvalue weighted by atomic mass is 10.2. The van der Waals surface area contributed by atoms with E-state index in [2.05, 4.69) is 4.98 Å². The zero-order chi connectivity index (χ0) is 10.6. The van der Waals surface area contributed by atoms with Gasteiger partial charge in [0.05, 0.1) is 6.42 Å². The average Bonchev–Trinajstić information content (AvgIpc) is 1.81. The average molecular weight is 205 g/mol. The molecule has 3 N–H and O–H groups in total. The zero-order valence-electron chi connectivity index (χ0n) is 8.00. The highest BCUT2D eigenvalue weighted by molar-refractivity contribution is 6.73. The molecule has 0 spiro atoms. The van der Waals surface area contributed by atoms with E-state index in [0.29, 0.717) is 0 Å². The van der Waals surface area contributed by atoms with Crippen LogP contribution in [0.2, 0.25) is 19.6 Å². The summed E-state index contributed by atoms with van der Waals surface area (Å²) in [5.74, 6) is -2.21. The van der Waals surface area contributed by atoms with Gasteiger partial charge in [0, 0.05) is 0 Å². The second kappa shape index (κ2) is 4.38. The lowest BCUT2D eigenvalue weighted by molar-refractivity contribution is -0.145. The quantitative estimate of drug-likeness (QED) is 0.563. The molecule has 0 aliphatic carbocycles. The Morgan fingerprint density at radius 3 is 2.00 bits per heavy atom. The molecule has 0 fully saturated rings. The van der Waals surface area contributed by atoms with Gasteiger partial charge in [-0.05, 0) is 0 Å². The van der Waals surface area contributed by atoms with Crippen LogP contribution < -0.4 is 4.98 Å². The fourth-order valence-electron chi connectivity index (χ4n) is 0.897. The molecule has 0 rings (SSSR count). The molecule has 76 valence electrons. The van der Waals surface area contributed by atoms with Crippen LogP contribution in [-0.2, 0) is 9.59 Å². The number of carbonyl (C=O) groups is 2. The number of aliphatic carboxylic acids is 2. The van der Waals surface area contributed by atoms with Gasteiger partial charge in [-0.15, -0.1) is 0 Å².